The zero-order chi connectivity index (χ0) is 17.1. The third kappa shape index (κ3) is 10.0. The lowest BCUT2D eigenvalue weighted by molar-refractivity contribution is 0.136. The van der Waals surface area contributed by atoms with Gasteiger partial charge in [0.2, 0.25) is 0 Å². The van der Waals surface area contributed by atoms with E-state index in [1.807, 2.05) is 0 Å². The first-order valence-electron chi connectivity index (χ1n) is 9.56. The Balaban J connectivity index is 0.00000529. The molecule has 144 valence electrons. The third-order valence-corrected chi connectivity index (χ3v) is 4.77. The molecule has 2 N–H and O–H groups in total. The van der Waals surface area contributed by atoms with Crippen molar-refractivity contribution in [1.29, 1.82) is 0 Å². The van der Waals surface area contributed by atoms with Crippen LogP contribution < -0.4 is 10.6 Å². The summed E-state index contributed by atoms with van der Waals surface area (Å²) in [5.74, 6) is 1.57. The van der Waals surface area contributed by atoms with Crippen molar-refractivity contribution in [2.45, 2.75) is 53.5 Å². The normalized spacial score (nSPS) is 18.3. The maximum absolute atomic E-state index is 4.71. The average molecular weight is 453 g/mol. The summed E-state index contributed by atoms with van der Waals surface area (Å²) in [6.45, 7) is 20.2. The number of nitrogens with zero attached hydrogens (tertiary/aromatic N) is 3. The molecule has 1 heterocycles. The maximum Gasteiger partial charge on any atom is 0.191 e. The predicted molar refractivity (Wildman–Crippen MR) is 117 cm³/mol. The number of halogens is 1. The van der Waals surface area contributed by atoms with Gasteiger partial charge in [-0.1, -0.05) is 20.8 Å². The Bertz CT molecular complexity index is 327. The van der Waals surface area contributed by atoms with Crippen molar-refractivity contribution < 1.29 is 0 Å². The van der Waals surface area contributed by atoms with Gasteiger partial charge in [-0.15, -0.1) is 24.0 Å². The summed E-state index contributed by atoms with van der Waals surface area (Å²) in [5, 5.41) is 6.83. The predicted octanol–water partition coefficient (Wildman–Crippen LogP) is 2.62. The number of hydrogen-bond acceptors (Lipinski definition) is 3. The maximum atomic E-state index is 4.71. The van der Waals surface area contributed by atoms with Crippen LogP contribution in [0.15, 0.2) is 4.99 Å². The van der Waals surface area contributed by atoms with Gasteiger partial charge < -0.3 is 20.4 Å². The van der Waals surface area contributed by atoms with E-state index in [4.69, 9.17) is 4.99 Å². The van der Waals surface area contributed by atoms with E-state index in [9.17, 15) is 0 Å². The van der Waals surface area contributed by atoms with Crippen molar-refractivity contribution in [3.05, 3.63) is 0 Å². The molecular formula is C18H40IN5. The first-order valence-corrected chi connectivity index (χ1v) is 9.56. The van der Waals surface area contributed by atoms with Crippen molar-refractivity contribution in [2.24, 2.45) is 10.9 Å². The minimum absolute atomic E-state index is 0. The van der Waals surface area contributed by atoms with Crippen LogP contribution in [0.5, 0.6) is 0 Å². The van der Waals surface area contributed by atoms with Gasteiger partial charge in [-0.3, -0.25) is 4.99 Å². The van der Waals surface area contributed by atoms with E-state index in [1.54, 1.807) is 0 Å². The molecule has 1 aliphatic rings. The lowest BCUT2D eigenvalue weighted by Crippen LogP contribution is -2.46. The highest BCUT2D eigenvalue weighted by Crippen LogP contribution is 2.03. The topological polar surface area (TPSA) is 42.9 Å². The average Bonchev–Trinajstić information content (AvgIpc) is 2.55. The van der Waals surface area contributed by atoms with E-state index >= 15 is 0 Å². The molecule has 1 atom stereocenters. The van der Waals surface area contributed by atoms with Gasteiger partial charge in [0, 0.05) is 45.3 Å². The van der Waals surface area contributed by atoms with Crippen molar-refractivity contribution in [3.8, 4) is 0 Å². The molecule has 0 aromatic rings. The van der Waals surface area contributed by atoms with Gasteiger partial charge in [-0.05, 0) is 45.7 Å². The number of guanidine groups is 1. The highest BCUT2D eigenvalue weighted by molar-refractivity contribution is 14.0. The molecule has 0 aromatic carbocycles. The highest BCUT2D eigenvalue weighted by Gasteiger charge is 2.14. The van der Waals surface area contributed by atoms with E-state index in [-0.39, 0.29) is 24.0 Å². The number of hydrogen-bond donors (Lipinski definition) is 2. The Labute approximate surface area is 167 Å². The molecule has 5 nitrogen and oxygen atoms in total. The summed E-state index contributed by atoms with van der Waals surface area (Å²) in [4.78, 5) is 9.84. The van der Waals surface area contributed by atoms with E-state index in [2.05, 4.69) is 55.1 Å². The fourth-order valence-electron chi connectivity index (χ4n) is 2.67. The van der Waals surface area contributed by atoms with Crippen LogP contribution in [0.4, 0.5) is 0 Å². The summed E-state index contributed by atoms with van der Waals surface area (Å²) in [6, 6.07) is 0.447. The van der Waals surface area contributed by atoms with Crippen molar-refractivity contribution >= 4 is 29.9 Å². The van der Waals surface area contributed by atoms with Crippen molar-refractivity contribution in [3.63, 3.8) is 0 Å². The minimum Gasteiger partial charge on any atom is -0.357 e. The first-order chi connectivity index (χ1) is 11.1. The fraction of sp³-hybridized carbons (Fsp3) is 0.944. The van der Waals surface area contributed by atoms with Gasteiger partial charge in [0.15, 0.2) is 5.96 Å². The molecule has 1 aliphatic heterocycles. The zero-order valence-electron chi connectivity index (χ0n) is 16.5. The summed E-state index contributed by atoms with van der Waals surface area (Å²) in [7, 11) is 0. The molecule has 1 saturated heterocycles. The van der Waals surface area contributed by atoms with Gasteiger partial charge in [0.05, 0.1) is 0 Å². The van der Waals surface area contributed by atoms with Crippen LogP contribution in [-0.4, -0.2) is 74.2 Å². The van der Waals surface area contributed by atoms with Crippen LogP contribution in [0.25, 0.3) is 0 Å². The number of piperazine rings is 1. The standard InChI is InChI=1S/C18H39N5.HI/c1-6-19-18(21-17(5)16(3)4)20-10-8-9-11-23-14-12-22(7-2)13-15-23;/h16-17H,6-15H2,1-5H3,(H2,19,20,21);1H. The SMILES string of the molecule is CCNC(=NCCCCN1CCN(CC)CC1)NC(C)C(C)C.I. The Kier molecular flexibility index (Phi) is 14.1. The zero-order valence-corrected chi connectivity index (χ0v) is 18.8. The summed E-state index contributed by atoms with van der Waals surface area (Å²) < 4.78 is 0. The number of unbranched alkanes of at least 4 members (excludes halogenated alkanes) is 1. The van der Waals surface area contributed by atoms with Crippen LogP contribution in [0.1, 0.15) is 47.5 Å². The summed E-state index contributed by atoms with van der Waals surface area (Å²) in [6.07, 6.45) is 2.41. The second kappa shape index (κ2) is 14.1. The third-order valence-electron chi connectivity index (χ3n) is 4.77. The number of aliphatic imine (C=N–C) groups is 1. The van der Waals surface area contributed by atoms with Gasteiger partial charge in [0.25, 0.3) is 0 Å². The van der Waals surface area contributed by atoms with Gasteiger partial charge >= 0.3 is 0 Å². The minimum atomic E-state index is 0. The molecule has 0 aliphatic carbocycles. The second-order valence-electron chi connectivity index (χ2n) is 6.92. The van der Waals surface area contributed by atoms with Gasteiger partial charge in [-0.2, -0.15) is 0 Å². The molecule has 0 aromatic heterocycles. The van der Waals surface area contributed by atoms with Crippen molar-refractivity contribution in [2.75, 3.05) is 52.4 Å². The summed E-state index contributed by atoms with van der Waals surface area (Å²) >= 11 is 0. The largest absolute Gasteiger partial charge is 0.357 e. The second-order valence-corrected chi connectivity index (χ2v) is 6.92. The van der Waals surface area contributed by atoms with Crippen LogP contribution in [-0.2, 0) is 0 Å². The lowest BCUT2D eigenvalue weighted by Gasteiger charge is -2.33. The molecule has 1 unspecified atom stereocenters. The van der Waals surface area contributed by atoms with E-state index in [1.165, 1.54) is 52.1 Å². The Morgan fingerprint density at radius 1 is 1.00 bits per heavy atom. The first kappa shape index (κ1) is 23.9. The van der Waals surface area contributed by atoms with Crippen LogP contribution in [0.3, 0.4) is 0 Å². The monoisotopic (exact) mass is 453 g/mol. The molecule has 0 bridgehead atoms. The molecule has 0 saturated carbocycles. The fourth-order valence-corrected chi connectivity index (χ4v) is 2.67. The molecule has 24 heavy (non-hydrogen) atoms. The molecule has 0 spiro atoms. The van der Waals surface area contributed by atoms with E-state index < -0.39 is 0 Å². The quantitative estimate of drug-likeness (QED) is 0.244. The molecule has 1 rings (SSSR count). The van der Waals surface area contributed by atoms with Crippen LogP contribution in [0, 0.1) is 5.92 Å². The highest BCUT2D eigenvalue weighted by atomic mass is 127. The molecule has 1 fully saturated rings. The van der Waals surface area contributed by atoms with E-state index in [0.717, 1.165) is 19.0 Å². The number of likely N-dealkylation sites (N-methyl/N-ethyl adjacent to an activating group) is 1. The Morgan fingerprint density at radius 2 is 1.62 bits per heavy atom. The Morgan fingerprint density at radius 3 is 2.17 bits per heavy atom. The van der Waals surface area contributed by atoms with Gasteiger partial charge in [-0.25, -0.2) is 0 Å². The van der Waals surface area contributed by atoms with Crippen LogP contribution >= 0.6 is 24.0 Å². The van der Waals surface area contributed by atoms with Crippen molar-refractivity contribution in [1.82, 2.24) is 20.4 Å². The molecule has 0 radical (unpaired) electrons. The molecule has 6 heteroatoms. The smallest absolute Gasteiger partial charge is 0.191 e. The Hall–Kier alpha value is -0.0800. The number of nitrogens with one attached hydrogen (secondary N) is 2. The lowest BCUT2D eigenvalue weighted by atomic mass is 10.1. The number of rotatable bonds is 9. The molecular weight excluding hydrogens is 413 g/mol. The van der Waals surface area contributed by atoms with Crippen LogP contribution in [0.2, 0.25) is 0 Å². The molecule has 0 amide bonds. The summed E-state index contributed by atoms with van der Waals surface area (Å²) in [5.41, 5.74) is 0. The van der Waals surface area contributed by atoms with E-state index in [0.29, 0.717) is 12.0 Å². The van der Waals surface area contributed by atoms with Gasteiger partial charge in [0.1, 0.15) is 0 Å².